The van der Waals surface area contributed by atoms with E-state index < -0.39 is 0 Å². The van der Waals surface area contributed by atoms with Crippen molar-refractivity contribution >= 4 is 5.91 Å². The number of hydrogen-bond acceptors (Lipinski definition) is 4. The molecule has 2 atom stereocenters. The number of nitriles is 1. The predicted octanol–water partition coefficient (Wildman–Crippen LogP) is 3.93. The van der Waals surface area contributed by atoms with Crippen LogP contribution in [0.1, 0.15) is 48.2 Å². The molecule has 1 N–H and O–H groups in total. The van der Waals surface area contributed by atoms with Gasteiger partial charge in [-0.3, -0.25) is 9.69 Å². The molecule has 0 bridgehead atoms. The first-order chi connectivity index (χ1) is 16.1. The minimum Gasteiger partial charge on any atom is -0.355 e. The van der Waals surface area contributed by atoms with Crippen molar-refractivity contribution in [1.82, 2.24) is 19.8 Å². The lowest BCUT2D eigenvalue weighted by atomic mass is 9.94. The summed E-state index contributed by atoms with van der Waals surface area (Å²) in [4.78, 5) is 19.6. The quantitative estimate of drug-likeness (QED) is 0.575. The van der Waals surface area contributed by atoms with E-state index in [1.807, 2.05) is 42.9 Å². The Hall–Kier alpha value is -3.43. The van der Waals surface area contributed by atoms with E-state index in [0.29, 0.717) is 24.7 Å². The smallest absolute Gasteiger partial charge is 0.224 e. The first-order valence-corrected chi connectivity index (χ1v) is 11.7. The number of amides is 1. The summed E-state index contributed by atoms with van der Waals surface area (Å²) in [7, 11) is 0. The van der Waals surface area contributed by atoms with Gasteiger partial charge in [-0.05, 0) is 49.6 Å². The summed E-state index contributed by atoms with van der Waals surface area (Å²) < 4.78 is 2.09. The largest absolute Gasteiger partial charge is 0.355 e. The lowest BCUT2D eigenvalue weighted by molar-refractivity contribution is -0.127. The van der Waals surface area contributed by atoms with E-state index in [2.05, 4.69) is 57.0 Å². The van der Waals surface area contributed by atoms with E-state index in [-0.39, 0.29) is 11.8 Å². The zero-order chi connectivity index (χ0) is 23.0. The third-order valence-electron chi connectivity index (χ3n) is 6.57. The molecule has 170 valence electrons. The Balaban J connectivity index is 1.27. The molecule has 33 heavy (non-hydrogen) atoms. The maximum absolute atomic E-state index is 12.9. The molecule has 1 aromatic heterocycles. The summed E-state index contributed by atoms with van der Waals surface area (Å²) in [6.07, 6.45) is 6.41. The van der Waals surface area contributed by atoms with Crippen molar-refractivity contribution in [3.05, 3.63) is 89.5 Å². The number of nitrogens with zero attached hydrogens (tertiary/aromatic N) is 4. The SMILES string of the molecule is CC(c1ccccc1)N1CCCC(C(=O)NCCc2cncn2Cc2ccc(C#N)cc2)C1. The van der Waals surface area contributed by atoms with Gasteiger partial charge in [0, 0.05) is 44.0 Å². The number of imidazole rings is 1. The average molecular weight is 442 g/mol. The molecule has 2 heterocycles. The van der Waals surface area contributed by atoms with Crippen LogP contribution in [0.3, 0.4) is 0 Å². The van der Waals surface area contributed by atoms with Crippen LogP contribution in [0.2, 0.25) is 0 Å². The van der Waals surface area contributed by atoms with Crippen molar-refractivity contribution in [3.63, 3.8) is 0 Å². The van der Waals surface area contributed by atoms with Gasteiger partial charge in [-0.25, -0.2) is 4.98 Å². The van der Waals surface area contributed by atoms with Crippen molar-refractivity contribution in [2.75, 3.05) is 19.6 Å². The Morgan fingerprint density at radius 1 is 1.21 bits per heavy atom. The molecule has 2 unspecified atom stereocenters. The van der Waals surface area contributed by atoms with Gasteiger partial charge in [0.15, 0.2) is 0 Å². The Morgan fingerprint density at radius 3 is 2.76 bits per heavy atom. The summed E-state index contributed by atoms with van der Waals surface area (Å²) in [5.41, 5.74) is 4.16. The first-order valence-electron chi connectivity index (χ1n) is 11.7. The number of nitrogens with one attached hydrogen (secondary N) is 1. The van der Waals surface area contributed by atoms with Crippen molar-refractivity contribution in [2.45, 2.75) is 38.8 Å². The van der Waals surface area contributed by atoms with Gasteiger partial charge in [0.1, 0.15) is 0 Å². The van der Waals surface area contributed by atoms with Crippen LogP contribution in [0.4, 0.5) is 0 Å². The van der Waals surface area contributed by atoms with E-state index in [4.69, 9.17) is 5.26 Å². The Bertz CT molecular complexity index is 1080. The third kappa shape index (κ3) is 5.88. The fraction of sp³-hybridized carbons (Fsp3) is 0.370. The van der Waals surface area contributed by atoms with Crippen LogP contribution in [0.25, 0.3) is 0 Å². The number of carbonyl (C=O) groups is 1. The summed E-state index contributed by atoms with van der Waals surface area (Å²) >= 11 is 0. The Kier molecular flexibility index (Phi) is 7.54. The van der Waals surface area contributed by atoms with Crippen molar-refractivity contribution < 1.29 is 4.79 Å². The normalized spacial score (nSPS) is 17.3. The molecule has 1 aliphatic heterocycles. The maximum Gasteiger partial charge on any atom is 0.224 e. The lowest BCUT2D eigenvalue weighted by Crippen LogP contribution is -2.44. The third-order valence-corrected chi connectivity index (χ3v) is 6.57. The summed E-state index contributed by atoms with van der Waals surface area (Å²) in [6, 6.07) is 20.6. The maximum atomic E-state index is 12.9. The fourth-order valence-corrected chi connectivity index (χ4v) is 4.55. The second-order valence-electron chi connectivity index (χ2n) is 8.78. The summed E-state index contributed by atoms with van der Waals surface area (Å²) in [6.45, 7) is 5.37. The highest BCUT2D eigenvalue weighted by Crippen LogP contribution is 2.26. The van der Waals surface area contributed by atoms with Gasteiger partial charge in [-0.1, -0.05) is 42.5 Å². The zero-order valence-electron chi connectivity index (χ0n) is 19.2. The highest BCUT2D eigenvalue weighted by atomic mass is 16.1. The minimum atomic E-state index is 0.0356. The molecule has 3 aromatic rings. The minimum absolute atomic E-state index is 0.0356. The number of benzene rings is 2. The van der Waals surface area contributed by atoms with Gasteiger partial charge in [0.2, 0.25) is 5.91 Å². The number of aromatic nitrogens is 2. The van der Waals surface area contributed by atoms with Crippen LogP contribution in [0.5, 0.6) is 0 Å². The molecule has 6 nitrogen and oxygen atoms in total. The van der Waals surface area contributed by atoms with E-state index in [1.54, 1.807) is 0 Å². The van der Waals surface area contributed by atoms with Crippen LogP contribution in [-0.4, -0.2) is 40.0 Å². The number of hydrogen-bond donors (Lipinski definition) is 1. The molecule has 0 radical (unpaired) electrons. The van der Waals surface area contributed by atoms with Gasteiger partial charge in [-0.15, -0.1) is 0 Å². The molecule has 0 saturated carbocycles. The highest BCUT2D eigenvalue weighted by Gasteiger charge is 2.28. The second-order valence-corrected chi connectivity index (χ2v) is 8.78. The van der Waals surface area contributed by atoms with Gasteiger partial charge in [0.25, 0.3) is 0 Å². The van der Waals surface area contributed by atoms with Gasteiger partial charge in [-0.2, -0.15) is 5.26 Å². The molecule has 2 aromatic carbocycles. The van der Waals surface area contributed by atoms with E-state index in [9.17, 15) is 4.79 Å². The van der Waals surface area contributed by atoms with Gasteiger partial charge >= 0.3 is 0 Å². The van der Waals surface area contributed by atoms with Gasteiger partial charge < -0.3 is 9.88 Å². The fourth-order valence-electron chi connectivity index (χ4n) is 4.55. The van der Waals surface area contributed by atoms with Crippen molar-refractivity contribution in [2.24, 2.45) is 5.92 Å². The topological polar surface area (TPSA) is 74.0 Å². The number of likely N-dealkylation sites (tertiary alicyclic amines) is 1. The molecule has 1 fully saturated rings. The summed E-state index contributed by atoms with van der Waals surface area (Å²) in [5, 5.41) is 12.1. The Morgan fingerprint density at radius 2 is 2.00 bits per heavy atom. The van der Waals surface area contributed by atoms with E-state index >= 15 is 0 Å². The van der Waals surface area contributed by atoms with E-state index in [1.165, 1.54) is 5.56 Å². The van der Waals surface area contributed by atoms with Crippen LogP contribution in [0.15, 0.2) is 67.1 Å². The lowest BCUT2D eigenvalue weighted by Gasteiger charge is -2.36. The van der Waals surface area contributed by atoms with Crippen LogP contribution < -0.4 is 5.32 Å². The zero-order valence-corrected chi connectivity index (χ0v) is 19.2. The van der Waals surface area contributed by atoms with E-state index in [0.717, 1.165) is 43.6 Å². The van der Waals surface area contributed by atoms with Crippen LogP contribution in [0, 0.1) is 17.2 Å². The van der Waals surface area contributed by atoms with Crippen LogP contribution in [-0.2, 0) is 17.8 Å². The van der Waals surface area contributed by atoms with Crippen LogP contribution >= 0.6 is 0 Å². The second kappa shape index (κ2) is 10.9. The summed E-state index contributed by atoms with van der Waals surface area (Å²) in [5.74, 6) is 0.187. The highest BCUT2D eigenvalue weighted by molar-refractivity contribution is 5.79. The van der Waals surface area contributed by atoms with Crippen molar-refractivity contribution in [1.29, 1.82) is 5.26 Å². The molecular weight excluding hydrogens is 410 g/mol. The Labute approximate surface area is 195 Å². The predicted molar refractivity (Wildman–Crippen MR) is 128 cm³/mol. The number of rotatable bonds is 8. The van der Waals surface area contributed by atoms with Crippen molar-refractivity contribution in [3.8, 4) is 6.07 Å². The molecular formula is C27H31N5O. The molecule has 0 aliphatic carbocycles. The monoisotopic (exact) mass is 441 g/mol. The average Bonchev–Trinajstić information content (AvgIpc) is 3.31. The number of piperidine rings is 1. The first kappa shape index (κ1) is 22.8. The standard InChI is InChI=1S/C27H31N5O/c1-21(24-6-3-2-4-7-24)31-15-5-8-25(19-31)27(33)30-14-13-26-17-29-20-32(26)18-23-11-9-22(16-28)10-12-23/h2-4,6-7,9-12,17,20-21,25H,5,8,13-15,18-19H2,1H3,(H,30,33). The molecule has 6 heteroatoms. The molecule has 1 amide bonds. The van der Waals surface area contributed by atoms with Gasteiger partial charge in [0.05, 0.1) is 23.9 Å². The number of carbonyl (C=O) groups excluding carboxylic acids is 1. The molecule has 0 spiro atoms. The molecule has 4 rings (SSSR count). The molecule has 1 aliphatic rings. The molecule has 1 saturated heterocycles.